The molecule has 2 saturated carbocycles. The number of thioether (sulfide) groups is 1. The van der Waals surface area contributed by atoms with Crippen molar-refractivity contribution < 1.29 is 9.90 Å². The number of rotatable bonds is 9. The molecule has 0 radical (unpaired) electrons. The highest BCUT2D eigenvalue weighted by molar-refractivity contribution is 7.99. The van der Waals surface area contributed by atoms with E-state index in [1.165, 1.54) is 31.4 Å². The van der Waals surface area contributed by atoms with Crippen molar-refractivity contribution in [1.82, 2.24) is 5.32 Å². The number of aliphatic carboxylic acids is 1. The third-order valence-electron chi connectivity index (χ3n) is 4.89. The lowest BCUT2D eigenvalue weighted by molar-refractivity contribution is -0.144. The van der Waals surface area contributed by atoms with Crippen molar-refractivity contribution in [1.29, 1.82) is 0 Å². The van der Waals surface area contributed by atoms with Crippen LogP contribution < -0.4 is 5.32 Å². The lowest BCUT2D eigenvalue weighted by atomic mass is 9.91. The van der Waals surface area contributed by atoms with Crippen LogP contribution in [0.5, 0.6) is 0 Å². The molecule has 0 aliphatic heterocycles. The van der Waals surface area contributed by atoms with E-state index in [0.29, 0.717) is 6.04 Å². The largest absolute Gasteiger partial charge is 0.480 e. The van der Waals surface area contributed by atoms with E-state index in [0.717, 1.165) is 43.3 Å². The molecular formula is C17H31NO2S. The van der Waals surface area contributed by atoms with E-state index in [-0.39, 0.29) is 0 Å². The molecule has 3 atom stereocenters. The van der Waals surface area contributed by atoms with E-state index in [9.17, 15) is 9.90 Å². The van der Waals surface area contributed by atoms with E-state index >= 15 is 0 Å². The number of carboxylic acids is 1. The predicted molar refractivity (Wildman–Crippen MR) is 89.9 cm³/mol. The van der Waals surface area contributed by atoms with Crippen molar-refractivity contribution in [2.75, 3.05) is 5.75 Å². The second-order valence-electron chi connectivity index (χ2n) is 7.28. The second-order valence-corrected chi connectivity index (χ2v) is 8.69. The molecule has 3 unspecified atom stereocenters. The summed E-state index contributed by atoms with van der Waals surface area (Å²) in [5.74, 6) is 1.40. The van der Waals surface area contributed by atoms with Gasteiger partial charge in [0.05, 0.1) is 0 Å². The molecular weight excluding hydrogens is 282 g/mol. The van der Waals surface area contributed by atoms with E-state index < -0.39 is 11.5 Å². The standard InChI is InChI=1S/C17H31NO2S/c1-13-6-5-7-15(12-13)21-11-4-3-10-17(2,16(19)20)18-14-8-9-14/h13-15,18H,3-12H2,1-2H3,(H,19,20). The Kier molecular flexibility index (Phi) is 6.42. The number of hydrogen-bond donors (Lipinski definition) is 2. The highest BCUT2D eigenvalue weighted by atomic mass is 32.2. The molecule has 0 amide bonds. The Bertz CT molecular complexity index is 346. The molecule has 0 bridgehead atoms. The first-order valence-corrected chi connectivity index (χ1v) is 9.67. The summed E-state index contributed by atoms with van der Waals surface area (Å²) in [5, 5.41) is 13.6. The molecule has 0 saturated heterocycles. The van der Waals surface area contributed by atoms with Gasteiger partial charge in [0.15, 0.2) is 0 Å². The smallest absolute Gasteiger partial charge is 0.323 e. The van der Waals surface area contributed by atoms with Crippen LogP contribution in [0.4, 0.5) is 0 Å². The Morgan fingerprint density at radius 3 is 2.67 bits per heavy atom. The van der Waals surface area contributed by atoms with E-state index in [2.05, 4.69) is 24.0 Å². The van der Waals surface area contributed by atoms with Gasteiger partial charge in [-0.3, -0.25) is 10.1 Å². The average Bonchev–Trinajstić information content (AvgIpc) is 3.22. The molecule has 122 valence electrons. The first kappa shape index (κ1) is 17.1. The Hall–Kier alpha value is -0.220. The summed E-state index contributed by atoms with van der Waals surface area (Å²) in [7, 11) is 0. The van der Waals surface area contributed by atoms with Crippen LogP contribution in [0.25, 0.3) is 0 Å². The summed E-state index contributed by atoms with van der Waals surface area (Å²) in [6.45, 7) is 4.22. The SMILES string of the molecule is CC1CCCC(SCCCCC(C)(NC2CC2)C(=O)O)C1. The molecule has 3 nitrogen and oxygen atoms in total. The Labute approximate surface area is 133 Å². The second kappa shape index (κ2) is 7.87. The zero-order valence-corrected chi connectivity index (χ0v) is 14.4. The first-order chi connectivity index (χ1) is 9.99. The molecule has 4 heteroatoms. The third kappa shape index (κ3) is 5.82. The van der Waals surface area contributed by atoms with Crippen molar-refractivity contribution in [3.63, 3.8) is 0 Å². The number of unbranched alkanes of at least 4 members (excludes halogenated alkanes) is 1. The summed E-state index contributed by atoms with van der Waals surface area (Å²) in [6.07, 6.45) is 10.7. The number of nitrogens with one attached hydrogen (secondary N) is 1. The topological polar surface area (TPSA) is 49.3 Å². The molecule has 0 aromatic rings. The van der Waals surface area contributed by atoms with Gasteiger partial charge in [-0.1, -0.05) is 26.2 Å². The fraction of sp³-hybridized carbons (Fsp3) is 0.941. The molecule has 2 N–H and O–H groups in total. The minimum absolute atomic E-state index is 0.448. The van der Waals surface area contributed by atoms with Gasteiger partial charge in [-0.15, -0.1) is 0 Å². The van der Waals surface area contributed by atoms with Crippen molar-refractivity contribution >= 4 is 17.7 Å². The van der Waals surface area contributed by atoms with Crippen LogP contribution in [-0.2, 0) is 4.79 Å². The molecule has 0 aromatic carbocycles. The van der Waals surface area contributed by atoms with Crippen molar-refractivity contribution in [2.24, 2.45) is 5.92 Å². The number of hydrogen-bond acceptors (Lipinski definition) is 3. The zero-order valence-electron chi connectivity index (χ0n) is 13.6. The van der Waals surface area contributed by atoms with E-state index in [4.69, 9.17) is 0 Å². The Morgan fingerprint density at radius 1 is 1.29 bits per heavy atom. The summed E-state index contributed by atoms with van der Waals surface area (Å²) in [5.41, 5.74) is -0.717. The molecule has 21 heavy (non-hydrogen) atoms. The van der Waals surface area contributed by atoms with Crippen molar-refractivity contribution in [3.8, 4) is 0 Å². The zero-order chi connectivity index (χ0) is 15.3. The molecule has 2 aliphatic carbocycles. The molecule has 0 aromatic heterocycles. The van der Waals surface area contributed by atoms with Crippen LogP contribution in [0, 0.1) is 5.92 Å². The number of carbonyl (C=O) groups is 1. The van der Waals surface area contributed by atoms with Gasteiger partial charge in [-0.25, -0.2) is 0 Å². The van der Waals surface area contributed by atoms with Gasteiger partial charge in [0.1, 0.15) is 5.54 Å². The fourth-order valence-electron chi connectivity index (χ4n) is 3.28. The van der Waals surface area contributed by atoms with Crippen LogP contribution in [0.1, 0.15) is 71.6 Å². The van der Waals surface area contributed by atoms with Gasteiger partial charge in [-0.2, -0.15) is 11.8 Å². The third-order valence-corrected chi connectivity index (χ3v) is 6.31. The lowest BCUT2D eigenvalue weighted by Crippen LogP contribution is -2.50. The summed E-state index contributed by atoms with van der Waals surface area (Å²) in [6, 6.07) is 0.448. The van der Waals surface area contributed by atoms with E-state index in [1.54, 1.807) is 0 Å². The quantitative estimate of drug-likeness (QED) is 0.630. The highest BCUT2D eigenvalue weighted by Gasteiger charge is 2.37. The van der Waals surface area contributed by atoms with Gasteiger partial charge in [0, 0.05) is 11.3 Å². The van der Waals surface area contributed by atoms with Gasteiger partial charge in [0.2, 0.25) is 0 Å². The van der Waals surface area contributed by atoms with Crippen LogP contribution in [0.15, 0.2) is 0 Å². The maximum atomic E-state index is 11.5. The molecule has 2 fully saturated rings. The van der Waals surface area contributed by atoms with Gasteiger partial charge in [-0.05, 0) is 57.1 Å². The fourth-order valence-corrected chi connectivity index (χ4v) is 4.78. The monoisotopic (exact) mass is 313 g/mol. The molecule has 2 aliphatic rings. The number of carboxylic acid groups (broad SMARTS) is 1. The molecule has 2 rings (SSSR count). The maximum Gasteiger partial charge on any atom is 0.323 e. The normalized spacial score (nSPS) is 29.0. The van der Waals surface area contributed by atoms with Crippen LogP contribution in [-0.4, -0.2) is 33.7 Å². The van der Waals surface area contributed by atoms with Crippen LogP contribution in [0.2, 0.25) is 0 Å². The highest BCUT2D eigenvalue weighted by Crippen LogP contribution is 2.32. The Balaban J connectivity index is 1.60. The minimum Gasteiger partial charge on any atom is -0.480 e. The molecule has 0 spiro atoms. The van der Waals surface area contributed by atoms with Crippen LogP contribution >= 0.6 is 11.8 Å². The van der Waals surface area contributed by atoms with Crippen molar-refractivity contribution in [3.05, 3.63) is 0 Å². The van der Waals surface area contributed by atoms with Gasteiger partial charge >= 0.3 is 5.97 Å². The van der Waals surface area contributed by atoms with Gasteiger partial charge in [0.25, 0.3) is 0 Å². The summed E-state index contributed by atoms with van der Waals surface area (Å²) >= 11 is 2.12. The first-order valence-electron chi connectivity index (χ1n) is 8.62. The summed E-state index contributed by atoms with van der Waals surface area (Å²) < 4.78 is 0. The average molecular weight is 314 g/mol. The maximum absolute atomic E-state index is 11.5. The van der Waals surface area contributed by atoms with E-state index in [1.807, 2.05) is 6.92 Å². The lowest BCUT2D eigenvalue weighted by Gasteiger charge is -2.27. The van der Waals surface area contributed by atoms with Gasteiger partial charge < -0.3 is 5.11 Å². The van der Waals surface area contributed by atoms with Crippen molar-refractivity contribution in [2.45, 2.75) is 88.5 Å². The molecule has 0 heterocycles. The van der Waals surface area contributed by atoms with Crippen LogP contribution in [0.3, 0.4) is 0 Å². The Morgan fingerprint density at radius 2 is 2.05 bits per heavy atom. The minimum atomic E-state index is -0.717. The predicted octanol–water partition coefficient (Wildman–Crippen LogP) is 4.06. The summed E-state index contributed by atoms with van der Waals surface area (Å²) in [4.78, 5) is 11.5.